The molecule has 0 bridgehead atoms. The number of fused-ring (bicyclic) bond motifs is 1. The van der Waals surface area contributed by atoms with E-state index in [0.717, 1.165) is 28.9 Å². The number of aromatic nitrogens is 1. The normalized spacial score (nSPS) is 11.7. The van der Waals surface area contributed by atoms with Crippen molar-refractivity contribution in [3.8, 4) is 11.5 Å². The number of carbonyl (C=O) groups excluding carboxylic acids is 1. The molecule has 0 fully saturated rings. The number of carbonyl (C=O) groups is 1. The molecule has 6 heteroatoms. The van der Waals surface area contributed by atoms with E-state index in [0.29, 0.717) is 22.7 Å². The highest BCUT2D eigenvalue weighted by Gasteiger charge is 2.10. The molecule has 0 saturated heterocycles. The van der Waals surface area contributed by atoms with Crippen molar-refractivity contribution in [1.82, 2.24) is 4.57 Å². The fourth-order valence-corrected chi connectivity index (χ4v) is 3.83. The van der Waals surface area contributed by atoms with Gasteiger partial charge in [0.15, 0.2) is 4.80 Å². The van der Waals surface area contributed by atoms with Gasteiger partial charge < -0.3 is 14.0 Å². The van der Waals surface area contributed by atoms with Crippen LogP contribution in [0, 0.1) is 0 Å². The van der Waals surface area contributed by atoms with E-state index in [1.165, 1.54) is 11.3 Å². The van der Waals surface area contributed by atoms with E-state index in [9.17, 15) is 4.79 Å². The molecule has 0 aliphatic heterocycles. The average Bonchev–Trinajstić information content (AvgIpc) is 2.99. The van der Waals surface area contributed by atoms with Crippen molar-refractivity contribution >= 4 is 27.5 Å². The molecule has 1 heterocycles. The zero-order chi connectivity index (χ0) is 18.5. The molecular formula is C20H22N2O3S. The topological polar surface area (TPSA) is 52.8 Å². The molecular weight excluding hydrogens is 348 g/mol. The van der Waals surface area contributed by atoms with Crippen LogP contribution in [0.15, 0.2) is 47.5 Å². The average molecular weight is 370 g/mol. The lowest BCUT2D eigenvalue weighted by Gasteiger charge is -2.05. The Morgan fingerprint density at radius 1 is 1.15 bits per heavy atom. The summed E-state index contributed by atoms with van der Waals surface area (Å²) >= 11 is 1.50. The van der Waals surface area contributed by atoms with Crippen molar-refractivity contribution < 1.29 is 14.3 Å². The van der Waals surface area contributed by atoms with Gasteiger partial charge in [0.1, 0.15) is 11.5 Å². The molecule has 0 N–H and O–H groups in total. The first kappa shape index (κ1) is 18.2. The van der Waals surface area contributed by atoms with E-state index >= 15 is 0 Å². The Bertz CT molecular complexity index is 988. The van der Waals surface area contributed by atoms with Crippen LogP contribution in [0.5, 0.6) is 11.5 Å². The predicted molar refractivity (Wildman–Crippen MR) is 104 cm³/mol. The van der Waals surface area contributed by atoms with Crippen molar-refractivity contribution in [3.05, 3.63) is 52.8 Å². The van der Waals surface area contributed by atoms with Crippen LogP contribution < -0.4 is 14.3 Å². The van der Waals surface area contributed by atoms with Crippen LogP contribution in [-0.2, 0) is 6.54 Å². The lowest BCUT2D eigenvalue weighted by Crippen LogP contribution is -2.16. The Morgan fingerprint density at radius 3 is 2.73 bits per heavy atom. The molecule has 2 aromatic carbocycles. The maximum atomic E-state index is 12.6. The molecule has 0 unspecified atom stereocenters. The van der Waals surface area contributed by atoms with Gasteiger partial charge >= 0.3 is 0 Å². The van der Waals surface area contributed by atoms with E-state index in [4.69, 9.17) is 9.47 Å². The minimum Gasteiger partial charge on any atom is -0.497 e. The first-order chi connectivity index (χ1) is 12.7. The Hall–Kier alpha value is -2.60. The molecule has 3 aromatic rings. The number of rotatable bonds is 6. The number of aryl methyl sites for hydroxylation is 1. The highest BCUT2D eigenvalue weighted by molar-refractivity contribution is 7.16. The summed E-state index contributed by atoms with van der Waals surface area (Å²) in [6, 6.07) is 13.0. The number of amides is 1. The minimum absolute atomic E-state index is 0.273. The van der Waals surface area contributed by atoms with Gasteiger partial charge in [0.2, 0.25) is 0 Å². The van der Waals surface area contributed by atoms with Gasteiger partial charge in [-0.15, -0.1) is 0 Å². The molecule has 0 aliphatic carbocycles. The number of hydrogen-bond acceptors (Lipinski definition) is 4. The van der Waals surface area contributed by atoms with Crippen molar-refractivity contribution in [2.45, 2.75) is 26.8 Å². The summed E-state index contributed by atoms with van der Waals surface area (Å²) in [5.74, 6) is 1.20. The minimum atomic E-state index is -0.273. The molecule has 0 atom stereocenters. The first-order valence-electron chi connectivity index (χ1n) is 8.65. The first-order valence-corrected chi connectivity index (χ1v) is 9.47. The number of ether oxygens (including phenoxy) is 2. The number of benzene rings is 2. The van der Waals surface area contributed by atoms with E-state index in [2.05, 4.69) is 16.5 Å². The number of methoxy groups -OCH3 is 1. The molecule has 1 amide bonds. The Balaban J connectivity index is 2.08. The van der Waals surface area contributed by atoms with Crippen LogP contribution in [0.2, 0.25) is 0 Å². The van der Waals surface area contributed by atoms with Gasteiger partial charge in [0.25, 0.3) is 5.91 Å². The lowest BCUT2D eigenvalue weighted by molar-refractivity contribution is 0.0997. The summed E-state index contributed by atoms with van der Waals surface area (Å²) in [4.78, 5) is 17.7. The Kier molecular flexibility index (Phi) is 5.73. The van der Waals surface area contributed by atoms with Crippen molar-refractivity contribution in [2.75, 3.05) is 13.7 Å². The third kappa shape index (κ3) is 3.80. The predicted octanol–water partition coefficient (Wildman–Crippen LogP) is 4.26. The largest absolute Gasteiger partial charge is 0.497 e. The third-order valence-corrected chi connectivity index (χ3v) is 4.97. The molecule has 26 heavy (non-hydrogen) atoms. The van der Waals surface area contributed by atoms with Crippen molar-refractivity contribution in [3.63, 3.8) is 0 Å². The van der Waals surface area contributed by atoms with Crippen molar-refractivity contribution in [1.29, 1.82) is 0 Å². The smallest absolute Gasteiger partial charge is 0.279 e. The fourth-order valence-electron chi connectivity index (χ4n) is 2.74. The number of hydrogen-bond donors (Lipinski definition) is 0. The fraction of sp³-hybridized carbons (Fsp3) is 0.300. The van der Waals surface area contributed by atoms with Gasteiger partial charge in [-0.2, -0.15) is 4.99 Å². The second-order valence-electron chi connectivity index (χ2n) is 5.75. The quantitative estimate of drug-likeness (QED) is 0.651. The van der Waals surface area contributed by atoms with Crippen LogP contribution in [0.4, 0.5) is 0 Å². The summed E-state index contributed by atoms with van der Waals surface area (Å²) in [6.07, 6.45) is 0.958. The second-order valence-corrected chi connectivity index (χ2v) is 6.76. The summed E-state index contributed by atoms with van der Waals surface area (Å²) < 4.78 is 13.9. The molecule has 5 nitrogen and oxygen atoms in total. The Morgan fingerprint density at radius 2 is 2.00 bits per heavy atom. The van der Waals surface area contributed by atoms with Crippen molar-refractivity contribution in [2.24, 2.45) is 4.99 Å². The highest BCUT2D eigenvalue weighted by atomic mass is 32.1. The van der Waals surface area contributed by atoms with Crippen LogP contribution in [0.3, 0.4) is 0 Å². The summed E-state index contributed by atoms with van der Waals surface area (Å²) in [6.45, 7) is 5.50. The number of nitrogens with zero attached hydrogens (tertiary/aromatic N) is 2. The van der Waals surface area contributed by atoms with E-state index in [-0.39, 0.29) is 5.91 Å². The second kappa shape index (κ2) is 8.19. The third-order valence-electron chi connectivity index (χ3n) is 3.93. The van der Waals surface area contributed by atoms with Gasteiger partial charge in [-0.3, -0.25) is 4.79 Å². The zero-order valence-electron chi connectivity index (χ0n) is 15.2. The van der Waals surface area contributed by atoms with Crippen LogP contribution in [-0.4, -0.2) is 24.2 Å². The van der Waals surface area contributed by atoms with E-state index < -0.39 is 0 Å². The molecule has 1 aromatic heterocycles. The SMILES string of the molecule is CCCn1c(=NC(=O)c2cccc(OC)c2)sc2cc(OCC)ccc21. The molecule has 3 rings (SSSR count). The standard InChI is InChI=1S/C20H22N2O3S/c1-4-11-22-17-10-9-16(25-5-2)13-18(17)26-20(22)21-19(23)14-7-6-8-15(12-14)24-3/h6-10,12-13H,4-5,11H2,1-3H3. The van der Waals surface area contributed by atoms with Crippen LogP contribution in [0.25, 0.3) is 10.2 Å². The summed E-state index contributed by atoms with van der Waals surface area (Å²) in [5, 5.41) is 0. The maximum Gasteiger partial charge on any atom is 0.279 e. The molecule has 0 spiro atoms. The van der Waals surface area contributed by atoms with Crippen LogP contribution in [0.1, 0.15) is 30.6 Å². The molecule has 136 valence electrons. The number of thiazole rings is 1. The lowest BCUT2D eigenvalue weighted by atomic mass is 10.2. The summed E-state index contributed by atoms with van der Waals surface area (Å²) in [7, 11) is 1.58. The monoisotopic (exact) mass is 370 g/mol. The van der Waals surface area contributed by atoms with Gasteiger partial charge in [-0.05, 0) is 49.7 Å². The molecule has 0 aliphatic rings. The van der Waals surface area contributed by atoms with Gasteiger partial charge in [0, 0.05) is 12.1 Å². The van der Waals surface area contributed by atoms with E-state index in [1.54, 1.807) is 25.3 Å². The van der Waals surface area contributed by atoms with Gasteiger partial charge in [-0.25, -0.2) is 0 Å². The van der Waals surface area contributed by atoms with Gasteiger partial charge in [-0.1, -0.05) is 24.3 Å². The molecule has 0 radical (unpaired) electrons. The highest BCUT2D eigenvalue weighted by Crippen LogP contribution is 2.24. The van der Waals surface area contributed by atoms with Gasteiger partial charge in [0.05, 0.1) is 23.9 Å². The molecule has 0 saturated carbocycles. The van der Waals surface area contributed by atoms with Crippen LogP contribution >= 0.6 is 11.3 Å². The zero-order valence-corrected chi connectivity index (χ0v) is 16.0. The summed E-state index contributed by atoms with van der Waals surface area (Å²) in [5.41, 5.74) is 1.58. The van der Waals surface area contributed by atoms with E-state index in [1.807, 2.05) is 31.2 Å². The Labute approximate surface area is 156 Å². The maximum absolute atomic E-state index is 12.6.